The molecule has 100 valence electrons. The van der Waals surface area contributed by atoms with Crippen molar-refractivity contribution in [2.75, 3.05) is 26.2 Å². The number of piperidine rings is 1. The second kappa shape index (κ2) is 5.68. The number of nitrogens with zero attached hydrogens (tertiary/aromatic N) is 2. The summed E-state index contributed by atoms with van der Waals surface area (Å²) in [7, 11) is 0. The summed E-state index contributed by atoms with van der Waals surface area (Å²) >= 11 is 0. The van der Waals surface area contributed by atoms with E-state index >= 15 is 0 Å². The van der Waals surface area contributed by atoms with Gasteiger partial charge in [0.25, 0.3) is 0 Å². The molecule has 2 fully saturated rings. The van der Waals surface area contributed by atoms with Gasteiger partial charge in [-0.1, -0.05) is 6.92 Å². The van der Waals surface area contributed by atoms with E-state index < -0.39 is 0 Å². The van der Waals surface area contributed by atoms with E-state index in [2.05, 4.69) is 30.6 Å². The smallest absolute Gasteiger partial charge is 0.0247 e. The highest BCUT2D eigenvalue weighted by atomic mass is 15.3. The molecule has 0 bridgehead atoms. The molecule has 2 heterocycles. The Morgan fingerprint density at radius 3 is 2.59 bits per heavy atom. The Kier molecular flexibility index (Phi) is 4.45. The van der Waals surface area contributed by atoms with Crippen molar-refractivity contribution < 1.29 is 0 Å². The molecule has 0 aliphatic carbocycles. The van der Waals surface area contributed by atoms with Crippen LogP contribution in [-0.2, 0) is 0 Å². The SMILES string of the molecule is CC1CCCN(C2CCN(C(C)C)C2)C1CN. The number of rotatable bonds is 3. The first-order chi connectivity index (χ1) is 8.13. The minimum Gasteiger partial charge on any atom is -0.329 e. The first kappa shape index (κ1) is 13.3. The van der Waals surface area contributed by atoms with E-state index in [0.717, 1.165) is 18.5 Å². The third kappa shape index (κ3) is 2.83. The molecule has 3 unspecified atom stereocenters. The largest absolute Gasteiger partial charge is 0.329 e. The maximum absolute atomic E-state index is 5.99. The lowest BCUT2D eigenvalue weighted by Crippen LogP contribution is -2.53. The Labute approximate surface area is 106 Å². The van der Waals surface area contributed by atoms with Crippen LogP contribution in [0.25, 0.3) is 0 Å². The van der Waals surface area contributed by atoms with Gasteiger partial charge in [0.2, 0.25) is 0 Å². The summed E-state index contributed by atoms with van der Waals surface area (Å²) in [6, 6.07) is 2.08. The van der Waals surface area contributed by atoms with E-state index in [-0.39, 0.29) is 0 Å². The number of likely N-dealkylation sites (tertiary alicyclic amines) is 2. The van der Waals surface area contributed by atoms with Crippen LogP contribution < -0.4 is 5.73 Å². The van der Waals surface area contributed by atoms with Gasteiger partial charge in [-0.25, -0.2) is 0 Å². The third-order valence-corrected chi connectivity index (χ3v) is 4.79. The van der Waals surface area contributed by atoms with Crippen LogP contribution >= 0.6 is 0 Å². The van der Waals surface area contributed by atoms with Gasteiger partial charge in [-0.2, -0.15) is 0 Å². The van der Waals surface area contributed by atoms with Crippen LogP contribution in [0.15, 0.2) is 0 Å². The summed E-state index contributed by atoms with van der Waals surface area (Å²) in [6.07, 6.45) is 4.05. The molecule has 3 nitrogen and oxygen atoms in total. The summed E-state index contributed by atoms with van der Waals surface area (Å²) in [5.74, 6) is 0.779. The minimum absolute atomic E-state index is 0.626. The first-order valence-corrected chi connectivity index (χ1v) is 7.33. The molecular weight excluding hydrogens is 210 g/mol. The van der Waals surface area contributed by atoms with Crippen molar-refractivity contribution in [2.24, 2.45) is 11.7 Å². The molecule has 2 rings (SSSR count). The van der Waals surface area contributed by atoms with E-state index in [4.69, 9.17) is 5.73 Å². The maximum atomic E-state index is 5.99. The Morgan fingerprint density at radius 1 is 1.24 bits per heavy atom. The molecule has 0 amide bonds. The zero-order valence-electron chi connectivity index (χ0n) is 11.7. The lowest BCUT2D eigenvalue weighted by Gasteiger charge is -2.43. The van der Waals surface area contributed by atoms with Crippen molar-refractivity contribution in [3.63, 3.8) is 0 Å². The molecule has 0 spiro atoms. The van der Waals surface area contributed by atoms with E-state index in [1.54, 1.807) is 0 Å². The van der Waals surface area contributed by atoms with Gasteiger partial charge in [0, 0.05) is 37.8 Å². The van der Waals surface area contributed by atoms with Gasteiger partial charge in [0.15, 0.2) is 0 Å². The van der Waals surface area contributed by atoms with E-state index in [0.29, 0.717) is 12.1 Å². The predicted octanol–water partition coefficient (Wildman–Crippen LogP) is 1.53. The molecule has 0 aromatic carbocycles. The monoisotopic (exact) mass is 239 g/mol. The zero-order valence-corrected chi connectivity index (χ0v) is 11.7. The normalized spacial score (nSPS) is 36.9. The van der Waals surface area contributed by atoms with E-state index in [9.17, 15) is 0 Å². The summed E-state index contributed by atoms with van der Waals surface area (Å²) < 4.78 is 0. The van der Waals surface area contributed by atoms with Crippen molar-refractivity contribution in [3.05, 3.63) is 0 Å². The summed E-state index contributed by atoms with van der Waals surface area (Å²) in [6.45, 7) is 11.6. The summed E-state index contributed by atoms with van der Waals surface area (Å²) in [5, 5.41) is 0. The fraction of sp³-hybridized carbons (Fsp3) is 1.00. The molecule has 0 radical (unpaired) electrons. The lowest BCUT2D eigenvalue weighted by molar-refractivity contribution is 0.0633. The van der Waals surface area contributed by atoms with Crippen LogP contribution in [-0.4, -0.2) is 54.1 Å². The van der Waals surface area contributed by atoms with Crippen LogP contribution in [0.3, 0.4) is 0 Å². The Morgan fingerprint density at radius 2 is 2.00 bits per heavy atom. The summed E-state index contributed by atoms with van der Waals surface area (Å²) in [4.78, 5) is 5.33. The molecule has 2 N–H and O–H groups in total. The molecule has 3 heteroatoms. The molecule has 3 atom stereocenters. The minimum atomic E-state index is 0.626. The fourth-order valence-corrected chi connectivity index (χ4v) is 3.61. The van der Waals surface area contributed by atoms with Crippen LogP contribution in [0.1, 0.15) is 40.0 Å². The third-order valence-electron chi connectivity index (χ3n) is 4.79. The quantitative estimate of drug-likeness (QED) is 0.810. The highest BCUT2D eigenvalue weighted by Gasteiger charge is 2.36. The zero-order chi connectivity index (χ0) is 12.4. The fourth-order valence-electron chi connectivity index (χ4n) is 3.61. The van der Waals surface area contributed by atoms with Crippen LogP contribution in [0.4, 0.5) is 0 Å². The van der Waals surface area contributed by atoms with Gasteiger partial charge in [-0.15, -0.1) is 0 Å². The van der Waals surface area contributed by atoms with E-state index in [1.807, 2.05) is 0 Å². The maximum Gasteiger partial charge on any atom is 0.0247 e. The lowest BCUT2D eigenvalue weighted by atomic mass is 9.89. The van der Waals surface area contributed by atoms with Crippen molar-refractivity contribution in [3.8, 4) is 0 Å². The van der Waals surface area contributed by atoms with Crippen molar-refractivity contribution in [1.82, 2.24) is 9.80 Å². The number of nitrogens with two attached hydrogens (primary N) is 1. The molecule has 2 saturated heterocycles. The van der Waals surface area contributed by atoms with Gasteiger partial charge in [-0.05, 0) is 45.6 Å². The Balaban J connectivity index is 1.97. The predicted molar refractivity (Wildman–Crippen MR) is 73.1 cm³/mol. The van der Waals surface area contributed by atoms with Crippen molar-refractivity contribution >= 4 is 0 Å². The highest BCUT2D eigenvalue weighted by Crippen LogP contribution is 2.28. The molecule has 2 aliphatic rings. The average molecular weight is 239 g/mol. The second-order valence-corrected chi connectivity index (χ2v) is 6.19. The molecular formula is C14H29N3. The number of hydrogen-bond acceptors (Lipinski definition) is 3. The van der Waals surface area contributed by atoms with Gasteiger partial charge in [0.1, 0.15) is 0 Å². The van der Waals surface area contributed by atoms with E-state index in [1.165, 1.54) is 38.9 Å². The van der Waals surface area contributed by atoms with Crippen LogP contribution in [0, 0.1) is 5.92 Å². The summed E-state index contributed by atoms with van der Waals surface area (Å²) in [5.41, 5.74) is 5.99. The first-order valence-electron chi connectivity index (χ1n) is 7.33. The van der Waals surface area contributed by atoms with Gasteiger partial charge in [-0.3, -0.25) is 9.80 Å². The molecule has 0 aromatic rings. The van der Waals surface area contributed by atoms with Gasteiger partial charge >= 0.3 is 0 Å². The van der Waals surface area contributed by atoms with Crippen LogP contribution in [0.5, 0.6) is 0 Å². The van der Waals surface area contributed by atoms with Crippen LogP contribution in [0.2, 0.25) is 0 Å². The Hall–Kier alpha value is -0.120. The van der Waals surface area contributed by atoms with Gasteiger partial charge in [0.05, 0.1) is 0 Å². The van der Waals surface area contributed by atoms with Crippen molar-refractivity contribution in [1.29, 1.82) is 0 Å². The average Bonchev–Trinajstić information content (AvgIpc) is 2.77. The second-order valence-electron chi connectivity index (χ2n) is 6.19. The van der Waals surface area contributed by atoms with Gasteiger partial charge < -0.3 is 5.73 Å². The molecule has 0 saturated carbocycles. The number of hydrogen-bond donors (Lipinski definition) is 1. The van der Waals surface area contributed by atoms with Crippen molar-refractivity contribution in [2.45, 2.75) is 58.2 Å². The molecule has 0 aromatic heterocycles. The highest BCUT2D eigenvalue weighted by molar-refractivity contribution is 4.92. The Bertz CT molecular complexity index is 242. The molecule has 17 heavy (non-hydrogen) atoms. The topological polar surface area (TPSA) is 32.5 Å². The molecule has 2 aliphatic heterocycles. The standard InChI is InChI=1S/C14H29N3/c1-11(2)16-8-6-13(10-16)17-7-4-5-12(3)14(17)9-15/h11-14H,4-10,15H2,1-3H3.